The summed E-state index contributed by atoms with van der Waals surface area (Å²) in [6, 6.07) is 10.5. The minimum Gasteiger partial charge on any atom is -0.358 e. The van der Waals surface area contributed by atoms with Crippen molar-refractivity contribution < 1.29 is 0 Å². The Balaban J connectivity index is 1.86. The maximum Gasteiger partial charge on any atom is 0.163 e. The molecule has 27 heavy (non-hydrogen) atoms. The summed E-state index contributed by atoms with van der Waals surface area (Å²) in [4.78, 5) is 13.5. The largest absolute Gasteiger partial charge is 0.358 e. The van der Waals surface area contributed by atoms with Gasteiger partial charge in [-0.1, -0.05) is 29.8 Å². The van der Waals surface area contributed by atoms with Crippen LogP contribution < -0.4 is 5.32 Å². The lowest BCUT2D eigenvalue weighted by Crippen LogP contribution is -2.15. The Morgan fingerprint density at radius 1 is 1.04 bits per heavy atom. The van der Waals surface area contributed by atoms with E-state index in [0.717, 1.165) is 22.4 Å². The Morgan fingerprint density at radius 3 is 2.63 bits per heavy atom. The van der Waals surface area contributed by atoms with Crippen LogP contribution in [-0.2, 0) is 7.05 Å². The second-order valence-electron chi connectivity index (χ2n) is 6.85. The molecule has 4 aromatic rings. The number of aryl methyl sites for hydroxylation is 4. The van der Waals surface area contributed by atoms with Gasteiger partial charge in [-0.15, -0.1) is 0 Å². The van der Waals surface area contributed by atoms with Crippen LogP contribution in [0.25, 0.3) is 11.0 Å². The Bertz CT molecular complexity index is 1100. The number of aromatic nitrogens is 5. The summed E-state index contributed by atoms with van der Waals surface area (Å²) in [6.45, 7) is 6.14. The molecule has 0 amide bonds. The molecule has 0 saturated heterocycles. The number of anilines is 1. The quantitative estimate of drug-likeness (QED) is 0.599. The third-order valence-corrected chi connectivity index (χ3v) is 4.74. The van der Waals surface area contributed by atoms with Gasteiger partial charge in [-0.05, 0) is 43.5 Å². The summed E-state index contributed by atoms with van der Waals surface area (Å²) >= 11 is 0. The number of nitrogens with zero attached hydrogens (tertiary/aromatic N) is 5. The van der Waals surface area contributed by atoms with Gasteiger partial charge in [0, 0.05) is 19.4 Å². The zero-order valence-electron chi connectivity index (χ0n) is 15.9. The van der Waals surface area contributed by atoms with Crippen molar-refractivity contribution in [2.75, 3.05) is 5.32 Å². The van der Waals surface area contributed by atoms with Gasteiger partial charge in [0.1, 0.15) is 11.6 Å². The van der Waals surface area contributed by atoms with Gasteiger partial charge in [-0.3, -0.25) is 9.67 Å². The van der Waals surface area contributed by atoms with Gasteiger partial charge >= 0.3 is 0 Å². The van der Waals surface area contributed by atoms with Crippen molar-refractivity contribution in [2.24, 2.45) is 7.05 Å². The van der Waals surface area contributed by atoms with E-state index < -0.39 is 0 Å². The molecule has 0 aliphatic rings. The monoisotopic (exact) mass is 358 g/mol. The predicted octanol–water partition coefficient (Wildman–Crippen LogP) is 3.89. The molecule has 0 radical (unpaired) electrons. The summed E-state index contributed by atoms with van der Waals surface area (Å²) < 4.78 is 1.77. The molecular formula is C21H22N6. The number of benzene rings is 1. The first kappa shape index (κ1) is 17.1. The first-order chi connectivity index (χ1) is 13.0. The summed E-state index contributed by atoms with van der Waals surface area (Å²) in [5, 5.41) is 8.87. The second kappa shape index (κ2) is 6.79. The van der Waals surface area contributed by atoms with Gasteiger partial charge < -0.3 is 5.32 Å². The van der Waals surface area contributed by atoms with E-state index >= 15 is 0 Å². The van der Waals surface area contributed by atoms with Gasteiger partial charge in [-0.2, -0.15) is 5.10 Å². The Morgan fingerprint density at radius 2 is 1.89 bits per heavy atom. The van der Waals surface area contributed by atoms with Crippen LogP contribution in [0.1, 0.15) is 34.1 Å². The maximum atomic E-state index is 4.66. The van der Waals surface area contributed by atoms with Crippen molar-refractivity contribution in [2.45, 2.75) is 26.8 Å². The lowest BCUT2D eigenvalue weighted by atomic mass is 9.94. The molecule has 4 rings (SSSR count). The molecule has 1 unspecified atom stereocenters. The SMILES string of the molecule is Cc1ccc(C(Nc2nc(C)nc3c2cnn3C)c2cccnc2)c(C)c1. The summed E-state index contributed by atoms with van der Waals surface area (Å²) in [5.41, 5.74) is 5.56. The van der Waals surface area contributed by atoms with Crippen LogP contribution >= 0.6 is 0 Å². The third kappa shape index (κ3) is 3.26. The number of fused-ring (bicyclic) bond motifs is 1. The molecule has 0 spiro atoms. The lowest BCUT2D eigenvalue weighted by Gasteiger charge is -2.22. The first-order valence-electron chi connectivity index (χ1n) is 8.93. The average molecular weight is 358 g/mol. The molecule has 0 fully saturated rings. The van der Waals surface area contributed by atoms with Gasteiger partial charge in [0.15, 0.2) is 5.65 Å². The van der Waals surface area contributed by atoms with Crippen LogP contribution in [-0.4, -0.2) is 24.7 Å². The molecule has 0 aliphatic carbocycles. The molecule has 1 atom stereocenters. The van der Waals surface area contributed by atoms with Crippen molar-refractivity contribution in [3.05, 3.63) is 77.0 Å². The Kier molecular flexibility index (Phi) is 4.32. The fraction of sp³-hybridized carbons (Fsp3) is 0.238. The predicted molar refractivity (Wildman–Crippen MR) is 107 cm³/mol. The first-order valence-corrected chi connectivity index (χ1v) is 8.93. The van der Waals surface area contributed by atoms with E-state index in [1.165, 1.54) is 16.7 Å². The van der Waals surface area contributed by atoms with Crippen LogP contribution in [0.2, 0.25) is 0 Å². The van der Waals surface area contributed by atoms with E-state index in [0.29, 0.717) is 5.82 Å². The summed E-state index contributed by atoms with van der Waals surface area (Å²) in [7, 11) is 1.89. The molecule has 1 N–H and O–H groups in total. The Labute approximate surface area is 158 Å². The van der Waals surface area contributed by atoms with Crippen molar-refractivity contribution in [1.82, 2.24) is 24.7 Å². The standard InChI is InChI=1S/C21H22N6/c1-13-7-8-17(14(2)10-13)19(16-6-5-9-22-11-16)26-20-18-12-23-27(4)21(18)25-15(3)24-20/h5-12,19H,1-4H3,(H,24,25,26). The number of pyridine rings is 1. The second-order valence-corrected chi connectivity index (χ2v) is 6.85. The lowest BCUT2D eigenvalue weighted by molar-refractivity contribution is 0.782. The fourth-order valence-corrected chi connectivity index (χ4v) is 3.41. The van der Waals surface area contributed by atoms with Crippen LogP contribution in [0.15, 0.2) is 48.9 Å². The maximum absolute atomic E-state index is 4.66. The van der Waals surface area contributed by atoms with E-state index in [4.69, 9.17) is 0 Å². The topological polar surface area (TPSA) is 68.5 Å². The molecule has 3 aromatic heterocycles. The van der Waals surface area contributed by atoms with E-state index in [1.807, 2.05) is 26.2 Å². The normalized spacial score (nSPS) is 12.3. The van der Waals surface area contributed by atoms with Crippen LogP contribution in [0.4, 0.5) is 5.82 Å². The van der Waals surface area contributed by atoms with E-state index in [1.54, 1.807) is 17.1 Å². The molecule has 3 heterocycles. The van der Waals surface area contributed by atoms with Crippen molar-refractivity contribution in [3.8, 4) is 0 Å². The van der Waals surface area contributed by atoms with E-state index in [-0.39, 0.29) is 6.04 Å². The van der Waals surface area contributed by atoms with Crippen LogP contribution in [0.3, 0.4) is 0 Å². The highest BCUT2D eigenvalue weighted by Crippen LogP contribution is 2.31. The molecular weight excluding hydrogens is 336 g/mol. The highest BCUT2D eigenvalue weighted by molar-refractivity contribution is 5.86. The summed E-state index contributed by atoms with van der Waals surface area (Å²) in [5.74, 6) is 1.48. The van der Waals surface area contributed by atoms with Gasteiger partial charge in [-0.25, -0.2) is 9.97 Å². The van der Waals surface area contributed by atoms with Gasteiger partial charge in [0.2, 0.25) is 0 Å². The molecule has 6 heteroatoms. The number of nitrogens with one attached hydrogen (secondary N) is 1. The fourth-order valence-electron chi connectivity index (χ4n) is 3.41. The molecule has 0 bridgehead atoms. The van der Waals surface area contributed by atoms with Crippen molar-refractivity contribution in [1.29, 1.82) is 0 Å². The Hall–Kier alpha value is -3.28. The number of rotatable bonds is 4. The molecule has 6 nitrogen and oxygen atoms in total. The molecule has 0 aliphatic heterocycles. The average Bonchev–Trinajstić information content (AvgIpc) is 3.02. The minimum atomic E-state index is -0.0722. The van der Waals surface area contributed by atoms with E-state index in [9.17, 15) is 0 Å². The minimum absolute atomic E-state index is 0.0722. The summed E-state index contributed by atoms with van der Waals surface area (Å²) in [6.07, 6.45) is 5.49. The molecule has 0 saturated carbocycles. The molecule has 136 valence electrons. The highest BCUT2D eigenvalue weighted by atomic mass is 15.3. The third-order valence-electron chi connectivity index (χ3n) is 4.74. The number of hydrogen-bond donors (Lipinski definition) is 1. The zero-order valence-corrected chi connectivity index (χ0v) is 15.9. The van der Waals surface area contributed by atoms with Crippen LogP contribution in [0, 0.1) is 20.8 Å². The smallest absolute Gasteiger partial charge is 0.163 e. The van der Waals surface area contributed by atoms with Crippen molar-refractivity contribution >= 4 is 16.9 Å². The number of hydrogen-bond acceptors (Lipinski definition) is 5. The molecule has 1 aromatic carbocycles. The van der Waals surface area contributed by atoms with Gasteiger partial charge in [0.05, 0.1) is 17.6 Å². The van der Waals surface area contributed by atoms with Crippen molar-refractivity contribution in [3.63, 3.8) is 0 Å². The van der Waals surface area contributed by atoms with Crippen LogP contribution in [0.5, 0.6) is 0 Å². The van der Waals surface area contributed by atoms with E-state index in [2.05, 4.69) is 63.5 Å². The highest BCUT2D eigenvalue weighted by Gasteiger charge is 2.20. The van der Waals surface area contributed by atoms with Gasteiger partial charge in [0.25, 0.3) is 0 Å². The zero-order chi connectivity index (χ0) is 19.0.